The maximum absolute atomic E-state index is 12.7. The summed E-state index contributed by atoms with van der Waals surface area (Å²) in [6.45, 7) is 3.27. The number of carbonyl (C=O) groups excluding carboxylic acids is 1. The fraction of sp³-hybridized carbons (Fsp3) is 0.450. The number of piperazine rings is 1. The van der Waals surface area contributed by atoms with Crippen molar-refractivity contribution in [2.45, 2.75) is 6.54 Å². The lowest BCUT2D eigenvalue weighted by atomic mass is 10.1. The number of rotatable bonds is 6. The zero-order valence-electron chi connectivity index (χ0n) is 17.2. The molecule has 0 aliphatic carbocycles. The van der Waals surface area contributed by atoms with Gasteiger partial charge in [0, 0.05) is 51.4 Å². The summed E-state index contributed by atoms with van der Waals surface area (Å²) in [5.74, 6) is 1.68. The first-order valence-corrected chi connectivity index (χ1v) is 9.32. The first-order valence-electron chi connectivity index (χ1n) is 9.32. The predicted molar refractivity (Wildman–Crippen MR) is 107 cm³/mol. The Kier molecular flexibility index (Phi) is 6.38. The van der Waals surface area contributed by atoms with E-state index in [0.29, 0.717) is 36.9 Å². The van der Waals surface area contributed by atoms with Crippen molar-refractivity contribution < 1.29 is 19.0 Å². The molecule has 2 aromatic rings. The highest BCUT2D eigenvalue weighted by Gasteiger charge is 2.25. The van der Waals surface area contributed by atoms with E-state index in [1.165, 1.54) is 23.9 Å². The summed E-state index contributed by atoms with van der Waals surface area (Å²) in [5, 5.41) is 4.05. The summed E-state index contributed by atoms with van der Waals surface area (Å²) in [6, 6.07) is 6.67. The lowest BCUT2D eigenvalue weighted by Gasteiger charge is -2.34. The van der Waals surface area contributed by atoms with Crippen LogP contribution < -0.4 is 19.8 Å². The molecule has 0 atom stereocenters. The number of methoxy groups -OCH3 is 3. The summed E-state index contributed by atoms with van der Waals surface area (Å²) < 4.78 is 17.5. The summed E-state index contributed by atoms with van der Waals surface area (Å²) >= 11 is 0. The number of hydrogen-bond donors (Lipinski definition) is 0. The monoisotopic (exact) mass is 402 g/mol. The zero-order chi connectivity index (χ0) is 21.0. The van der Waals surface area contributed by atoms with Gasteiger partial charge < -0.3 is 19.1 Å². The van der Waals surface area contributed by atoms with E-state index in [-0.39, 0.29) is 17.2 Å². The minimum atomic E-state index is -0.241. The molecule has 3 rings (SSSR count). The van der Waals surface area contributed by atoms with Gasteiger partial charge in [-0.15, -0.1) is 0 Å². The van der Waals surface area contributed by atoms with E-state index in [2.05, 4.69) is 10.00 Å². The molecular formula is C20H26N4O5. The van der Waals surface area contributed by atoms with Crippen molar-refractivity contribution in [3.63, 3.8) is 0 Å². The Morgan fingerprint density at radius 2 is 1.66 bits per heavy atom. The van der Waals surface area contributed by atoms with Gasteiger partial charge in [-0.2, -0.15) is 5.10 Å². The molecule has 1 saturated heterocycles. The van der Waals surface area contributed by atoms with Crippen LogP contribution in [0, 0.1) is 0 Å². The van der Waals surface area contributed by atoms with Gasteiger partial charge in [-0.3, -0.25) is 14.5 Å². The minimum Gasteiger partial charge on any atom is -0.493 e. The average Bonchev–Trinajstić information content (AvgIpc) is 2.75. The maximum Gasteiger partial charge on any atom is 0.274 e. The molecule has 0 radical (unpaired) electrons. The smallest absolute Gasteiger partial charge is 0.274 e. The SMILES string of the molecule is COc1ccc(CN2CCN(C(=O)c3ccc(=O)n(C)n3)CC2)c(OC)c1OC. The van der Waals surface area contributed by atoms with Crippen LogP contribution in [0.5, 0.6) is 17.2 Å². The molecule has 1 aromatic carbocycles. The van der Waals surface area contributed by atoms with Crippen LogP contribution in [0.4, 0.5) is 0 Å². The quantitative estimate of drug-likeness (QED) is 0.705. The van der Waals surface area contributed by atoms with E-state index < -0.39 is 0 Å². The molecule has 9 nitrogen and oxygen atoms in total. The van der Waals surface area contributed by atoms with Gasteiger partial charge in [-0.1, -0.05) is 6.07 Å². The number of ether oxygens (including phenoxy) is 3. The van der Waals surface area contributed by atoms with Crippen LogP contribution >= 0.6 is 0 Å². The number of amides is 1. The van der Waals surface area contributed by atoms with Gasteiger partial charge >= 0.3 is 0 Å². The first kappa shape index (κ1) is 20.7. The highest BCUT2D eigenvalue weighted by Crippen LogP contribution is 2.40. The second-order valence-electron chi connectivity index (χ2n) is 6.74. The van der Waals surface area contributed by atoms with Crippen LogP contribution in [0.1, 0.15) is 16.1 Å². The molecule has 0 saturated carbocycles. The van der Waals surface area contributed by atoms with Crippen LogP contribution in [0.15, 0.2) is 29.1 Å². The standard InChI is InChI=1S/C20H26N4O5/c1-22-17(25)8-6-15(21-22)20(26)24-11-9-23(10-12-24)13-14-5-7-16(27-2)19(29-4)18(14)28-3/h5-8H,9-13H2,1-4H3. The molecule has 1 aliphatic heterocycles. The molecule has 1 aromatic heterocycles. The number of hydrogen-bond acceptors (Lipinski definition) is 7. The largest absolute Gasteiger partial charge is 0.493 e. The van der Waals surface area contributed by atoms with Crippen LogP contribution in [0.25, 0.3) is 0 Å². The number of aromatic nitrogens is 2. The van der Waals surface area contributed by atoms with Crippen molar-refractivity contribution in [1.29, 1.82) is 0 Å². The van der Waals surface area contributed by atoms with E-state index in [1.807, 2.05) is 12.1 Å². The van der Waals surface area contributed by atoms with Gasteiger partial charge in [0.1, 0.15) is 5.69 Å². The highest BCUT2D eigenvalue weighted by molar-refractivity contribution is 5.92. The first-order chi connectivity index (χ1) is 14.0. The predicted octanol–water partition coefficient (Wildman–Crippen LogP) is 0.764. The second-order valence-corrected chi connectivity index (χ2v) is 6.74. The van der Waals surface area contributed by atoms with Crippen molar-refractivity contribution in [3.8, 4) is 17.2 Å². The van der Waals surface area contributed by atoms with Crippen LogP contribution in [0.3, 0.4) is 0 Å². The summed E-state index contributed by atoms with van der Waals surface area (Å²) in [4.78, 5) is 28.1. The van der Waals surface area contributed by atoms with Gasteiger partial charge in [-0.05, 0) is 12.1 Å². The van der Waals surface area contributed by atoms with Crippen molar-refractivity contribution in [2.24, 2.45) is 7.05 Å². The molecule has 0 N–H and O–H groups in total. The summed E-state index contributed by atoms with van der Waals surface area (Å²) in [5.41, 5.74) is 1.03. The van der Waals surface area contributed by atoms with Gasteiger partial charge in [0.15, 0.2) is 11.5 Å². The second kappa shape index (κ2) is 8.95. The van der Waals surface area contributed by atoms with Crippen LogP contribution in [-0.4, -0.2) is 73.0 Å². The molecule has 0 bridgehead atoms. The summed E-state index contributed by atoms with van der Waals surface area (Å²) in [7, 11) is 6.32. The van der Waals surface area contributed by atoms with Crippen LogP contribution in [0.2, 0.25) is 0 Å². The molecule has 1 amide bonds. The van der Waals surface area contributed by atoms with Crippen molar-refractivity contribution in [2.75, 3.05) is 47.5 Å². The average molecular weight is 402 g/mol. The van der Waals surface area contributed by atoms with Gasteiger partial charge in [0.05, 0.1) is 21.3 Å². The summed E-state index contributed by atoms with van der Waals surface area (Å²) in [6.07, 6.45) is 0. The Labute approximate surface area is 169 Å². The molecule has 2 heterocycles. The Bertz CT molecular complexity index is 935. The number of aryl methyl sites for hydroxylation is 1. The number of benzene rings is 1. The molecular weight excluding hydrogens is 376 g/mol. The topological polar surface area (TPSA) is 86.1 Å². The lowest BCUT2D eigenvalue weighted by Crippen LogP contribution is -2.48. The lowest BCUT2D eigenvalue weighted by molar-refractivity contribution is 0.0619. The number of carbonyl (C=O) groups is 1. The molecule has 0 spiro atoms. The Morgan fingerprint density at radius 1 is 0.966 bits per heavy atom. The normalized spacial score (nSPS) is 14.6. The Morgan fingerprint density at radius 3 is 2.24 bits per heavy atom. The maximum atomic E-state index is 12.7. The molecule has 1 fully saturated rings. The Hall–Kier alpha value is -3.07. The molecule has 29 heavy (non-hydrogen) atoms. The van der Waals surface area contributed by atoms with Crippen molar-refractivity contribution >= 4 is 5.91 Å². The molecule has 156 valence electrons. The third-order valence-corrected chi connectivity index (χ3v) is 5.02. The van der Waals surface area contributed by atoms with Crippen molar-refractivity contribution in [3.05, 3.63) is 45.9 Å². The third kappa shape index (κ3) is 4.34. The van der Waals surface area contributed by atoms with E-state index in [0.717, 1.165) is 18.7 Å². The fourth-order valence-electron chi connectivity index (χ4n) is 3.42. The van der Waals surface area contributed by atoms with Crippen molar-refractivity contribution in [1.82, 2.24) is 19.6 Å². The highest BCUT2D eigenvalue weighted by atomic mass is 16.5. The molecule has 0 unspecified atom stereocenters. The molecule has 9 heteroatoms. The van der Waals surface area contributed by atoms with E-state index in [1.54, 1.807) is 26.2 Å². The van der Waals surface area contributed by atoms with Gasteiger partial charge in [0.2, 0.25) is 5.75 Å². The Balaban J connectivity index is 1.66. The number of nitrogens with zero attached hydrogens (tertiary/aromatic N) is 4. The van der Waals surface area contributed by atoms with E-state index in [9.17, 15) is 9.59 Å². The van der Waals surface area contributed by atoms with E-state index in [4.69, 9.17) is 14.2 Å². The van der Waals surface area contributed by atoms with E-state index >= 15 is 0 Å². The zero-order valence-corrected chi connectivity index (χ0v) is 17.2. The fourth-order valence-corrected chi connectivity index (χ4v) is 3.42. The minimum absolute atomic E-state index is 0.163. The van der Waals surface area contributed by atoms with Gasteiger partial charge in [-0.25, -0.2) is 4.68 Å². The third-order valence-electron chi connectivity index (χ3n) is 5.02. The molecule has 1 aliphatic rings. The van der Waals surface area contributed by atoms with Gasteiger partial charge in [0.25, 0.3) is 11.5 Å². The van der Waals surface area contributed by atoms with Crippen LogP contribution in [-0.2, 0) is 13.6 Å².